The van der Waals surface area contributed by atoms with Crippen molar-refractivity contribution in [3.8, 4) is 11.5 Å². The number of rotatable bonds is 6. The van der Waals surface area contributed by atoms with Gasteiger partial charge in [0.05, 0.1) is 20.3 Å². The second kappa shape index (κ2) is 7.05. The van der Waals surface area contributed by atoms with Crippen molar-refractivity contribution in [1.29, 1.82) is 0 Å². The van der Waals surface area contributed by atoms with Crippen LogP contribution >= 0.6 is 11.3 Å². The van der Waals surface area contributed by atoms with Gasteiger partial charge in [-0.05, 0) is 17.7 Å². The fourth-order valence-corrected chi connectivity index (χ4v) is 2.57. The fraction of sp³-hybridized carbons (Fsp3) is 0.357. The molecule has 0 unspecified atom stereocenters. The molecule has 1 aromatic carbocycles. The number of nitrogens with zero attached hydrogens (tertiary/aromatic N) is 1. The van der Waals surface area contributed by atoms with Gasteiger partial charge < -0.3 is 19.9 Å². The van der Waals surface area contributed by atoms with Gasteiger partial charge in [-0.15, -0.1) is 11.3 Å². The summed E-state index contributed by atoms with van der Waals surface area (Å²) in [5.41, 5.74) is -0.409. The van der Waals surface area contributed by atoms with Crippen LogP contribution in [-0.2, 0) is 6.18 Å². The highest BCUT2D eigenvalue weighted by Crippen LogP contribution is 2.32. The minimum Gasteiger partial charge on any atom is -0.493 e. The number of thiazole rings is 1. The Balaban J connectivity index is 2.02. The molecule has 0 saturated carbocycles. The molecular formula is C14H15F3N2O3S. The monoisotopic (exact) mass is 348 g/mol. The van der Waals surface area contributed by atoms with E-state index < -0.39 is 18.0 Å². The first kappa shape index (κ1) is 17.4. The largest absolute Gasteiger partial charge is 0.493 e. The second-order valence-corrected chi connectivity index (χ2v) is 5.40. The molecule has 9 heteroatoms. The molecule has 1 atom stereocenters. The lowest BCUT2D eigenvalue weighted by atomic mass is 10.1. The van der Waals surface area contributed by atoms with Crippen molar-refractivity contribution in [2.24, 2.45) is 0 Å². The molecule has 1 heterocycles. The van der Waals surface area contributed by atoms with Crippen LogP contribution in [0.4, 0.5) is 18.3 Å². The van der Waals surface area contributed by atoms with Gasteiger partial charge in [-0.2, -0.15) is 13.2 Å². The predicted molar refractivity (Wildman–Crippen MR) is 80.1 cm³/mol. The zero-order chi connectivity index (χ0) is 17.0. The SMILES string of the molecule is COc1ccc([C@H](O)CNc2nc(C(F)(F)F)cs2)cc1OC. The Hall–Kier alpha value is -2.00. The number of aromatic nitrogens is 1. The smallest absolute Gasteiger partial charge is 0.434 e. The average molecular weight is 348 g/mol. The van der Waals surface area contributed by atoms with Gasteiger partial charge in [0.25, 0.3) is 0 Å². The third-order valence-corrected chi connectivity index (χ3v) is 3.83. The summed E-state index contributed by atoms with van der Waals surface area (Å²) in [5, 5.41) is 13.8. The molecule has 2 aromatic rings. The number of hydrogen-bond acceptors (Lipinski definition) is 6. The van der Waals surface area contributed by atoms with Crippen molar-refractivity contribution < 1.29 is 27.8 Å². The Labute approximate surface area is 134 Å². The highest BCUT2D eigenvalue weighted by atomic mass is 32.1. The van der Waals surface area contributed by atoms with Crippen LogP contribution in [0, 0.1) is 0 Å². The Morgan fingerprint density at radius 2 is 1.96 bits per heavy atom. The number of nitrogens with one attached hydrogen (secondary N) is 1. The zero-order valence-electron chi connectivity index (χ0n) is 12.3. The first-order chi connectivity index (χ1) is 10.8. The van der Waals surface area contributed by atoms with Crippen LogP contribution in [0.2, 0.25) is 0 Å². The number of aliphatic hydroxyl groups is 1. The molecule has 126 valence electrons. The van der Waals surface area contributed by atoms with E-state index in [0.29, 0.717) is 17.1 Å². The fourth-order valence-electron chi connectivity index (χ4n) is 1.85. The minimum atomic E-state index is -4.47. The zero-order valence-corrected chi connectivity index (χ0v) is 13.2. The normalized spacial score (nSPS) is 12.8. The van der Waals surface area contributed by atoms with E-state index in [1.165, 1.54) is 14.2 Å². The molecule has 5 nitrogen and oxygen atoms in total. The summed E-state index contributed by atoms with van der Waals surface area (Å²) in [6, 6.07) is 4.90. The molecule has 0 bridgehead atoms. The van der Waals surface area contributed by atoms with E-state index >= 15 is 0 Å². The highest BCUT2D eigenvalue weighted by Gasteiger charge is 2.33. The van der Waals surface area contributed by atoms with E-state index in [1.807, 2.05) is 0 Å². The molecule has 2 rings (SSSR count). The van der Waals surface area contributed by atoms with Crippen LogP contribution in [0.25, 0.3) is 0 Å². The molecule has 0 aliphatic carbocycles. The second-order valence-electron chi connectivity index (χ2n) is 4.55. The van der Waals surface area contributed by atoms with E-state index in [0.717, 1.165) is 16.7 Å². The Morgan fingerprint density at radius 3 is 2.52 bits per heavy atom. The van der Waals surface area contributed by atoms with Crippen LogP contribution in [0.3, 0.4) is 0 Å². The number of alkyl halides is 3. The Morgan fingerprint density at radius 1 is 1.26 bits per heavy atom. The van der Waals surface area contributed by atoms with Gasteiger partial charge in [0.15, 0.2) is 22.3 Å². The summed E-state index contributed by atoms with van der Waals surface area (Å²) < 4.78 is 47.6. The van der Waals surface area contributed by atoms with Gasteiger partial charge in [0, 0.05) is 11.9 Å². The first-order valence-corrected chi connectivity index (χ1v) is 7.39. The number of anilines is 1. The Bertz CT molecular complexity index is 661. The molecule has 23 heavy (non-hydrogen) atoms. The lowest BCUT2D eigenvalue weighted by Crippen LogP contribution is -2.13. The van der Waals surface area contributed by atoms with Crippen LogP contribution in [0.5, 0.6) is 11.5 Å². The number of hydrogen-bond donors (Lipinski definition) is 2. The van der Waals surface area contributed by atoms with Gasteiger partial charge in [-0.25, -0.2) is 4.98 Å². The maximum absolute atomic E-state index is 12.5. The van der Waals surface area contributed by atoms with Crippen LogP contribution in [-0.4, -0.2) is 30.9 Å². The van der Waals surface area contributed by atoms with Gasteiger partial charge in [-0.1, -0.05) is 6.07 Å². The summed E-state index contributed by atoms with van der Waals surface area (Å²) in [4.78, 5) is 3.43. The summed E-state index contributed by atoms with van der Waals surface area (Å²) in [6.45, 7) is 0.0142. The summed E-state index contributed by atoms with van der Waals surface area (Å²) in [7, 11) is 2.97. The van der Waals surface area contributed by atoms with Gasteiger partial charge >= 0.3 is 6.18 Å². The van der Waals surface area contributed by atoms with Gasteiger partial charge in [-0.3, -0.25) is 0 Å². The maximum atomic E-state index is 12.5. The number of methoxy groups -OCH3 is 2. The predicted octanol–water partition coefficient (Wildman–Crippen LogP) is 3.32. The molecule has 0 spiro atoms. The van der Waals surface area contributed by atoms with Crippen molar-refractivity contribution in [3.05, 3.63) is 34.8 Å². The Kier molecular flexibility index (Phi) is 5.32. The quantitative estimate of drug-likeness (QED) is 0.838. The minimum absolute atomic E-state index is 0.0142. The molecule has 0 aliphatic heterocycles. The van der Waals surface area contributed by atoms with E-state index in [4.69, 9.17) is 9.47 Å². The number of benzene rings is 1. The lowest BCUT2D eigenvalue weighted by molar-refractivity contribution is -0.140. The van der Waals surface area contributed by atoms with Crippen molar-refractivity contribution in [2.75, 3.05) is 26.1 Å². The lowest BCUT2D eigenvalue weighted by Gasteiger charge is -2.14. The van der Waals surface area contributed by atoms with Gasteiger partial charge in [0.2, 0.25) is 0 Å². The van der Waals surface area contributed by atoms with Crippen LogP contribution in [0.1, 0.15) is 17.4 Å². The summed E-state index contributed by atoms with van der Waals surface area (Å²) >= 11 is 0.829. The number of ether oxygens (including phenoxy) is 2. The third kappa shape index (κ3) is 4.26. The first-order valence-electron chi connectivity index (χ1n) is 6.51. The molecule has 0 radical (unpaired) electrons. The molecule has 2 N–H and O–H groups in total. The van der Waals surface area contributed by atoms with Gasteiger partial charge in [0.1, 0.15) is 0 Å². The molecule has 0 fully saturated rings. The molecule has 0 saturated heterocycles. The molecular weight excluding hydrogens is 333 g/mol. The van der Waals surface area contributed by atoms with Crippen molar-refractivity contribution >= 4 is 16.5 Å². The van der Waals surface area contributed by atoms with E-state index in [1.54, 1.807) is 18.2 Å². The topological polar surface area (TPSA) is 63.6 Å². The molecule has 1 aromatic heterocycles. The number of aliphatic hydroxyl groups excluding tert-OH is 1. The molecule has 0 aliphatic rings. The van der Waals surface area contributed by atoms with Crippen molar-refractivity contribution in [3.63, 3.8) is 0 Å². The third-order valence-electron chi connectivity index (χ3n) is 3.03. The van der Waals surface area contributed by atoms with E-state index in [9.17, 15) is 18.3 Å². The summed E-state index contributed by atoms with van der Waals surface area (Å²) in [5.74, 6) is 0.976. The maximum Gasteiger partial charge on any atom is 0.434 e. The standard InChI is InChI=1S/C14H15F3N2O3S/c1-21-10-4-3-8(5-11(10)22-2)9(20)6-18-13-19-12(7-23-13)14(15,16)17/h3-5,7,9,20H,6H2,1-2H3,(H,18,19)/t9-/m1/s1. The van der Waals surface area contributed by atoms with Crippen molar-refractivity contribution in [1.82, 2.24) is 4.98 Å². The van der Waals surface area contributed by atoms with E-state index in [-0.39, 0.29) is 11.7 Å². The molecule has 0 amide bonds. The van der Waals surface area contributed by atoms with E-state index in [2.05, 4.69) is 10.3 Å². The summed E-state index contributed by atoms with van der Waals surface area (Å²) in [6.07, 6.45) is -5.41. The average Bonchev–Trinajstić information content (AvgIpc) is 3.01. The highest BCUT2D eigenvalue weighted by molar-refractivity contribution is 7.13. The number of halogens is 3. The van der Waals surface area contributed by atoms with Crippen molar-refractivity contribution in [2.45, 2.75) is 12.3 Å². The van der Waals surface area contributed by atoms with Crippen LogP contribution in [0.15, 0.2) is 23.6 Å². The van der Waals surface area contributed by atoms with Crippen LogP contribution < -0.4 is 14.8 Å².